The predicted molar refractivity (Wildman–Crippen MR) is 96.8 cm³/mol. The van der Waals surface area contributed by atoms with Crippen LogP contribution in [0.15, 0.2) is 65.5 Å². The number of oxazole rings is 1. The van der Waals surface area contributed by atoms with Crippen molar-refractivity contribution in [2.45, 2.75) is 0 Å². The van der Waals surface area contributed by atoms with Crippen LogP contribution in [0.4, 0.5) is 11.4 Å². The van der Waals surface area contributed by atoms with Gasteiger partial charge in [-0.25, -0.2) is 4.98 Å². The second-order valence-electron chi connectivity index (χ2n) is 5.46. The van der Waals surface area contributed by atoms with Crippen LogP contribution in [-0.4, -0.2) is 30.5 Å². The van der Waals surface area contributed by atoms with Gasteiger partial charge in [0.05, 0.1) is 6.20 Å². The number of benzene rings is 2. The Morgan fingerprint density at radius 2 is 1.81 bits per heavy atom. The zero-order valence-electron chi connectivity index (χ0n) is 14.1. The molecule has 0 unspecified atom stereocenters. The van der Waals surface area contributed by atoms with Gasteiger partial charge in [0.2, 0.25) is 5.91 Å². The average molecular weight is 351 g/mol. The second-order valence-corrected chi connectivity index (χ2v) is 5.46. The highest BCUT2D eigenvalue weighted by molar-refractivity contribution is 6.05. The van der Waals surface area contributed by atoms with Gasteiger partial charge >= 0.3 is 0 Å². The number of aromatic nitrogens is 1. The first kappa shape index (κ1) is 17.4. The fourth-order valence-electron chi connectivity index (χ4n) is 2.35. The molecule has 26 heavy (non-hydrogen) atoms. The second kappa shape index (κ2) is 8.09. The van der Waals surface area contributed by atoms with E-state index in [1.54, 1.807) is 54.7 Å². The molecular weight excluding hydrogens is 334 g/mol. The summed E-state index contributed by atoms with van der Waals surface area (Å²) in [6.45, 7) is -0.0336. The lowest BCUT2D eigenvalue weighted by Gasteiger charge is -2.09. The molecule has 0 bridgehead atoms. The van der Waals surface area contributed by atoms with Crippen molar-refractivity contribution >= 4 is 23.2 Å². The van der Waals surface area contributed by atoms with Gasteiger partial charge in [-0.05, 0) is 30.3 Å². The highest BCUT2D eigenvalue weighted by Gasteiger charge is 2.09. The number of methoxy groups -OCH3 is 1. The number of hydrogen-bond donors (Lipinski definition) is 2. The minimum absolute atomic E-state index is 0.0336. The molecule has 132 valence electrons. The maximum atomic E-state index is 12.4. The first-order valence-corrected chi connectivity index (χ1v) is 7.85. The Morgan fingerprint density at radius 3 is 2.46 bits per heavy atom. The monoisotopic (exact) mass is 351 g/mol. The Balaban J connectivity index is 1.67. The third-order valence-corrected chi connectivity index (χ3v) is 3.54. The summed E-state index contributed by atoms with van der Waals surface area (Å²) in [5.74, 6) is 0.116. The van der Waals surface area contributed by atoms with Crippen LogP contribution in [-0.2, 0) is 9.53 Å². The molecule has 0 saturated carbocycles. The molecule has 3 rings (SSSR count). The summed E-state index contributed by atoms with van der Waals surface area (Å²) in [7, 11) is 1.45. The minimum Gasteiger partial charge on any atom is -0.444 e. The van der Waals surface area contributed by atoms with E-state index in [9.17, 15) is 9.59 Å². The van der Waals surface area contributed by atoms with E-state index < -0.39 is 0 Å². The molecule has 0 aliphatic rings. The van der Waals surface area contributed by atoms with Crippen LogP contribution in [0, 0.1) is 0 Å². The predicted octanol–water partition coefficient (Wildman–Crippen LogP) is 3.18. The molecule has 0 radical (unpaired) electrons. The van der Waals surface area contributed by atoms with E-state index in [-0.39, 0.29) is 18.4 Å². The molecule has 0 aliphatic heterocycles. The lowest BCUT2D eigenvalue weighted by Crippen LogP contribution is -2.17. The molecule has 0 fully saturated rings. The smallest absolute Gasteiger partial charge is 0.255 e. The summed E-state index contributed by atoms with van der Waals surface area (Å²) >= 11 is 0. The number of nitrogens with one attached hydrogen (secondary N) is 2. The molecule has 2 aromatic carbocycles. The molecule has 0 saturated heterocycles. The van der Waals surface area contributed by atoms with Gasteiger partial charge in [-0.15, -0.1) is 0 Å². The van der Waals surface area contributed by atoms with E-state index in [4.69, 9.17) is 9.15 Å². The Kier molecular flexibility index (Phi) is 5.40. The summed E-state index contributed by atoms with van der Waals surface area (Å²) in [5.41, 5.74) is 2.49. The van der Waals surface area contributed by atoms with Gasteiger partial charge in [-0.2, -0.15) is 0 Å². The first-order valence-electron chi connectivity index (χ1n) is 7.85. The summed E-state index contributed by atoms with van der Waals surface area (Å²) in [5, 5.41) is 5.49. The van der Waals surface area contributed by atoms with Gasteiger partial charge in [0, 0.05) is 29.6 Å². The highest BCUT2D eigenvalue weighted by Crippen LogP contribution is 2.20. The van der Waals surface area contributed by atoms with E-state index in [0.29, 0.717) is 22.7 Å². The topological polar surface area (TPSA) is 93.5 Å². The summed E-state index contributed by atoms with van der Waals surface area (Å²) < 4.78 is 10.00. The van der Waals surface area contributed by atoms with E-state index in [2.05, 4.69) is 15.6 Å². The number of rotatable bonds is 6. The van der Waals surface area contributed by atoms with E-state index in [1.807, 2.05) is 0 Å². The van der Waals surface area contributed by atoms with Crippen LogP contribution in [0.3, 0.4) is 0 Å². The standard InChI is InChI=1S/C19H17N3O4/c1-25-11-18(23)21-15-3-2-4-16(9-15)22-19(24)14-7-5-13(6-8-14)17-10-20-12-26-17/h2-10,12H,11H2,1H3,(H,21,23)(H,22,24). The lowest BCUT2D eigenvalue weighted by molar-refractivity contribution is -0.119. The zero-order valence-corrected chi connectivity index (χ0v) is 14.1. The van der Waals surface area contributed by atoms with Crippen LogP contribution < -0.4 is 10.6 Å². The maximum absolute atomic E-state index is 12.4. The van der Waals surface area contributed by atoms with Crippen LogP contribution in [0.5, 0.6) is 0 Å². The van der Waals surface area contributed by atoms with Crippen molar-refractivity contribution in [1.82, 2.24) is 4.98 Å². The Bertz CT molecular complexity index is 889. The Morgan fingerprint density at radius 1 is 1.08 bits per heavy atom. The largest absolute Gasteiger partial charge is 0.444 e. The average Bonchev–Trinajstić information content (AvgIpc) is 3.17. The quantitative estimate of drug-likeness (QED) is 0.711. The Hall–Kier alpha value is -3.45. The lowest BCUT2D eigenvalue weighted by atomic mass is 10.1. The van der Waals surface area contributed by atoms with Gasteiger partial charge in [-0.1, -0.05) is 18.2 Å². The number of hydrogen-bond acceptors (Lipinski definition) is 5. The minimum atomic E-state index is -0.265. The molecule has 2 amide bonds. The number of carbonyl (C=O) groups is 2. The van der Waals surface area contributed by atoms with Crippen molar-refractivity contribution < 1.29 is 18.7 Å². The number of nitrogens with zero attached hydrogens (tertiary/aromatic N) is 1. The number of amides is 2. The van der Waals surface area contributed by atoms with Gasteiger partial charge < -0.3 is 19.8 Å². The number of anilines is 2. The summed E-state index contributed by atoms with van der Waals surface area (Å²) in [6, 6.07) is 13.9. The summed E-state index contributed by atoms with van der Waals surface area (Å²) in [6.07, 6.45) is 2.97. The number of ether oxygens (including phenoxy) is 1. The third-order valence-electron chi connectivity index (χ3n) is 3.54. The van der Waals surface area contributed by atoms with Gasteiger partial charge in [0.25, 0.3) is 5.91 Å². The first-order chi connectivity index (χ1) is 12.7. The van der Waals surface area contributed by atoms with Crippen molar-refractivity contribution in [2.24, 2.45) is 0 Å². The fraction of sp³-hybridized carbons (Fsp3) is 0.105. The van der Waals surface area contributed by atoms with E-state index >= 15 is 0 Å². The molecule has 7 nitrogen and oxygen atoms in total. The molecular formula is C19H17N3O4. The molecule has 3 aromatic rings. The van der Waals surface area contributed by atoms with Gasteiger partial charge in [-0.3, -0.25) is 9.59 Å². The SMILES string of the molecule is COCC(=O)Nc1cccc(NC(=O)c2ccc(-c3cnco3)cc2)c1. The fourth-order valence-corrected chi connectivity index (χ4v) is 2.35. The van der Waals surface area contributed by atoms with Crippen LogP contribution in [0.25, 0.3) is 11.3 Å². The maximum Gasteiger partial charge on any atom is 0.255 e. The van der Waals surface area contributed by atoms with Crippen molar-refractivity contribution in [2.75, 3.05) is 24.4 Å². The molecule has 7 heteroatoms. The normalized spacial score (nSPS) is 10.3. The molecule has 2 N–H and O–H groups in total. The van der Waals surface area contributed by atoms with Crippen molar-refractivity contribution in [1.29, 1.82) is 0 Å². The van der Waals surface area contributed by atoms with Crippen LogP contribution in [0.1, 0.15) is 10.4 Å². The molecule has 1 aromatic heterocycles. The molecule has 0 spiro atoms. The molecule has 1 heterocycles. The zero-order chi connectivity index (χ0) is 18.4. The van der Waals surface area contributed by atoms with Crippen molar-refractivity contribution in [3.63, 3.8) is 0 Å². The van der Waals surface area contributed by atoms with Crippen LogP contribution in [0.2, 0.25) is 0 Å². The number of carbonyl (C=O) groups excluding carboxylic acids is 2. The highest BCUT2D eigenvalue weighted by atomic mass is 16.5. The van der Waals surface area contributed by atoms with Crippen LogP contribution >= 0.6 is 0 Å². The van der Waals surface area contributed by atoms with E-state index in [0.717, 1.165) is 5.56 Å². The molecule has 0 atom stereocenters. The van der Waals surface area contributed by atoms with Crippen molar-refractivity contribution in [3.8, 4) is 11.3 Å². The third kappa shape index (κ3) is 4.34. The van der Waals surface area contributed by atoms with Crippen molar-refractivity contribution in [3.05, 3.63) is 66.7 Å². The van der Waals surface area contributed by atoms with Gasteiger partial charge in [0.15, 0.2) is 12.2 Å². The molecule has 0 aliphatic carbocycles. The van der Waals surface area contributed by atoms with Gasteiger partial charge in [0.1, 0.15) is 6.61 Å². The Labute approximate surface area is 150 Å². The van der Waals surface area contributed by atoms with E-state index in [1.165, 1.54) is 13.5 Å². The summed E-state index contributed by atoms with van der Waals surface area (Å²) in [4.78, 5) is 27.8.